The molecule has 118 valence electrons. The summed E-state index contributed by atoms with van der Waals surface area (Å²) in [7, 11) is 0. The van der Waals surface area contributed by atoms with E-state index in [1.807, 2.05) is 25.5 Å². The van der Waals surface area contributed by atoms with Gasteiger partial charge in [-0.05, 0) is 62.4 Å². The second-order valence-corrected chi connectivity index (χ2v) is 6.69. The second-order valence-electron chi connectivity index (χ2n) is 5.89. The van der Waals surface area contributed by atoms with Crippen LogP contribution in [-0.2, 0) is 16.1 Å². The molecule has 0 atom stereocenters. The van der Waals surface area contributed by atoms with Crippen molar-refractivity contribution in [2.45, 2.75) is 58.6 Å². The molecule has 1 aromatic heterocycles. The van der Waals surface area contributed by atoms with Crippen LogP contribution in [0.5, 0.6) is 0 Å². The number of halogens is 1. The molecule has 1 aromatic rings. The highest BCUT2D eigenvalue weighted by Gasteiger charge is 2.37. The first kappa shape index (κ1) is 16.5. The summed E-state index contributed by atoms with van der Waals surface area (Å²) >= 11 is 3.50. The van der Waals surface area contributed by atoms with Crippen molar-refractivity contribution in [1.29, 1.82) is 0 Å². The maximum absolute atomic E-state index is 11.7. The Balaban J connectivity index is 1.99. The highest BCUT2D eigenvalue weighted by molar-refractivity contribution is 9.10. The fourth-order valence-corrected chi connectivity index (χ4v) is 3.20. The van der Waals surface area contributed by atoms with Crippen LogP contribution in [0.1, 0.15) is 44.0 Å². The summed E-state index contributed by atoms with van der Waals surface area (Å²) in [5.41, 5.74) is 1.16. The molecule has 0 amide bonds. The van der Waals surface area contributed by atoms with E-state index < -0.39 is 5.60 Å². The molecular weight excluding hydrogens is 336 g/mol. The summed E-state index contributed by atoms with van der Waals surface area (Å²) in [6, 6.07) is 0. The van der Waals surface area contributed by atoms with Crippen LogP contribution in [0.4, 0.5) is 0 Å². The predicted molar refractivity (Wildman–Crippen MR) is 82.9 cm³/mol. The number of ether oxygens (including phenoxy) is 1. The van der Waals surface area contributed by atoms with Crippen molar-refractivity contribution in [2.75, 3.05) is 6.61 Å². The number of aryl methyl sites for hydroxylation is 1. The molecule has 5 nitrogen and oxygen atoms in total. The van der Waals surface area contributed by atoms with Crippen LogP contribution < -0.4 is 0 Å². The maximum Gasteiger partial charge on any atom is 0.308 e. The van der Waals surface area contributed by atoms with E-state index in [2.05, 4.69) is 21.0 Å². The van der Waals surface area contributed by atoms with Gasteiger partial charge in [-0.2, -0.15) is 5.10 Å². The van der Waals surface area contributed by atoms with Crippen LogP contribution in [0.2, 0.25) is 0 Å². The van der Waals surface area contributed by atoms with E-state index in [1.165, 1.54) is 0 Å². The zero-order valence-corrected chi connectivity index (χ0v) is 14.4. The van der Waals surface area contributed by atoms with Crippen molar-refractivity contribution in [3.8, 4) is 0 Å². The summed E-state index contributed by atoms with van der Waals surface area (Å²) in [4.78, 5) is 11.7. The van der Waals surface area contributed by atoms with Crippen molar-refractivity contribution in [1.82, 2.24) is 9.78 Å². The molecule has 2 rings (SSSR count). The van der Waals surface area contributed by atoms with Crippen LogP contribution in [0.3, 0.4) is 0 Å². The third-order valence-corrected chi connectivity index (χ3v) is 5.42. The number of hydrogen-bond donors (Lipinski definition) is 1. The van der Waals surface area contributed by atoms with Gasteiger partial charge in [0, 0.05) is 5.69 Å². The quantitative estimate of drug-likeness (QED) is 0.840. The summed E-state index contributed by atoms with van der Waals surface area (Å²) in [5, 5.41) is 15.2. The summed E-state index contributed by atoms with van der Waals surface area (Å²) in [5.74, 6) is -0.203. The van der Waals surface area contributed by atoms with Crippen molar-refractivity contribution in [3.63, 3.8) is 0 Å². The lowest BCUT2D eigenvalue weighted by Gasteiger charge is -2.35. The fraction of sp³-hybridized carbons (Fsp3) is 0.733. The minimum absolute atomic E-state index is 0.0718. The number of nitrogens with zero attached hydrogens (tertiary/aromatic N) is 2. The summed E-state index contributed by atoms with van der Waals surface area (Å²) < 4.78 is 7.90. The smallest absolute Gasteiger partial charge is 0.308 e. The Hall–Kier alpha value is -0.880. The van der Waals surface area contributed by atoms with E-state index in [1.54, 1.807) is 0 Å². The number of carbonyl (C=O) groups excluding carboxylic acids is 1. The molecule has 0 aliphatic heterocycles. The third kappa shape index (κ3) is 3.66. The van der Waals surface area contributed by atoms with E-state index in [4.69, 9.17) is 4.74 Å². The zero-order chi connectivity index (χ0) is 15.6. The summed E-state index contributed by atoms with van der Waals surface area (Å²) in [6.45, 7) is 6.63. The number of aromatic nitrogens is 2. The van der Waals surface area contributed by atoms with Gasteiger partial charge in [0.1, 0.15) is 0 Å². The zero-order valence-electron chi connectivity index (χ0n) is 12.9. The Morgan fingerprint density at radius 2 is 2.10 bits per heavy atom. The molecule has 1 aliphatic rings. The number of carbonyl (C=O) groups is 1. The van der Waals surface area contributed by atoms with Crippen LogP contribution in [0, 0.1) is 19.8 Å². The van der Waals surface area contributed by atoms with Gasteiger partial charge in [-0.15, -0.1) is 0 Å². The SMILES string of the molecule is CCOC(=O)C1CCC(O)(Cn2nc(C)c(Br)c2C)CC1. The minimum atomic E-state index is -0.786. The topological polar surface area (TPSA) is 64.3 Å². The number of rotatable bonds is 4. The van der Waals surface area contributed by atoms with E-state index in [0.29, 0.717) is 38.8 Å². The molecule has 0 spiro atoms. The normalized spacial score (nSPS) is 25.9. The molecule has 0 radical (unpaired) electrons. The first-order chi connectivity index (χ1) is 9.86. The molecule has 6 heteroatoms. The van der Waals surface area contributed by atoms with Gasteiger partial charge in [0.05, 0.1) is 34.8 Å². The van der Waals surface area contributed by atoms with E-state index in [0.717, 1.165) is 15.9 Å². The lowest BCUT2D eigenvalue weighted by atomic mass is 9.79. The Kier molecular flexibility index (Phi) is 5.09. The summed E-state index contributed by atoms with van der Waals surface area (Å²) in [6.07, 6.45) is 2.56. The molecule has 1 aliphatic carbocycles. The minimum Gasteiger partial charge on any atom is -0.466 e. The predicted octanol–water partition coefficient (Wildman–Crippen LogP) is 2.75. The Bertz CT molecular complexity index is 519. The van der Waals surface area contributed by atoms with E-state index in [9.17, 15) is 9.90 Å². The fourth-order valence-electron chi connectivity index (χ4n) is 2.92. The van der Waals surface area contributed by atoms with Gasteiger partial charge in [-0.25, -0.2) is 0 Å². The standard InChI is InChI=1S/C15H23BrN2O3/c1-4-21-14(19)12-5-7-15(20,8-6-12)9-18-11(3)13(16)10(2)17-18/h12,20H,4-9H2,1-3H3. The average Bonchev–Trinajstić information content (AvgIpc) is 2.67. The molecule has 0 bridgehead atoms. The van der Waals surface area contributed by atoms with Gasteiger partial charge in [0.2, 0.25) is 0 Å². The van der Waals surface area contributed by atoms with Crippen LogP contribution in [-0.4, -0.2) is 33.1 Å². The molecule has 0 saturated heterocycles. The van der Waals surface area contributed by atoms with Crippen LogP contribution >= 0.6 is 15.9 Å². The molecule has 1 saturated carbocycles. The Morgan fingerprint density at radius 3 is 2.57 bits per heavy atom. The Labute approximate surface area is 133 Å². The van der Waals surface area contributed by atoms with Crippen molar-refractivity contribution < 1.29 is 14.6 Å². The Morgan fingerprint density at radius 1 is 1.48 bits per heavy atom. The maximum atomic E-state index is 11.7. The van der Waals surface area contributed by atoms with E-state index >= 15 is 0 Å². The van der Waals surface area contributed by atoms with Gasteiger partial charge in [-0.3, -0.25) is 9.48 Å². The number of hydrogen-bond acceptors (Lipinski definition) is 4. The van der Waals surface area contributed by atoms with Gasteiger partial charge < -0.3 is 9.84 Å². The molecule has 1 N–H and O–H groups in total. The lowest BCUT2D eigenvalue weighted by molar-refractivity contribution is -0.151. The molecule has 1 heterocycles. The van der Waals surface area contributed by atoms with Crippen molar-refractivity contribution in [3.05, 3.63) is 15.9 Å². The van der Waals surface area contributed by atoms with Crippen LogP contribution in [0.25, 0.3) is 0 Å². The first-order valence-electron chi connectivity index (χ1n) is 7.45. The third-order valence-electron chi connectivity index (χ3n) is 4.27. The van der Waals surface area contributed by atoms with Gasteiger partial charge in [0.25, 0.3) is 0 Å². The number of esters is 1. The molecule has 0 aromatic carbocycles. The van der Waals surface area contributed by atoms with Crippen molar-refractivity contribution >= 4 is 21.9 Å². The highest BCUT2D eigenvalue weighted by atomic mass is 79.9. The van der Waals surface area contributed by atoms with Crippen LogP contribution in [0.15, 0.2) is 4.47 Å². The molecule has 21 heavy (non-hydrogen) atoms. The van der Waals surface area contributed by atoms with Gasteiger partial charge >= 0.3 is 5.97 Å². The first-order valence-corrected chi connectivity index (χ1v) is 8.24. The number of aliphatic hydroxyl groups is 1. The highest BCUT2D eigenvalue weighted by Crippen LogP contribution is 2.34. The largest absolute Gasteiger partial charge is 0.466 e. The average molecular weight is 359 g/mol. The second kappa shape index (κ2) is 6.48. The molecule has 0 unspecified atom stereocenters. The molecular formula is C15H23BrN2O3. The molecule has 1 fully saturated rings. The lowest BCUT2D eigenvalue weighted by Crippen LogP contribution is -2.40. The van der Waals surface area contributed by atoms with E-state index in [-0.39, 0.29) is 11.9 Å². The van der Waals surface area contributed by atoms with Crippen molar-refractivity contribution in [2.24, 2.45) is 5.92 Å². The monoisotopic (exact) mass is 358 g/mol. The van der Waals surface area contributed by atoms with Gasteiger partial charge in [-0.1, -0.05) is 0 Å². The van der Waals surface area contributed by atoms with Gasteiger partial charge in [0.15, 0.2) is 0 Å².